The molecule has 0 aromatic heterocycles. The quantitative estimate of drug-likeness (QED) is 0.512. The van der Waals surface area contributed by atoms with Gasteiger partial charge in [-0.15, -0.1) is 0 Å². The summed E-state index contributed by atoms with van der Waals surface area (Å²) in [5.74, 6) is 0. The van der Waals surface area contributed by atoms with Crippen LogP contribution in [0.25, 0.3) is 0 Å². The second-order valence-electron chi connectivity index (χ2n) is 2.34. The Hall–Kier alpha value is -0.240. The van der Waals surface area contributed by atoms with Gasteiger partial charge in [0.15, 0.2) is 24.4 Å². The topological polar surface area (TPSA) is 119 Å². The first-order valence-corrected chi connectivity index (χ1v) is 3.34. The maximum atomic E-state index is 10.6. The van der Waals surface area contributed by atoms with E-state index in [1.54, 1.807) is 0 Å². The molecule has 4 atom stereocenters. The molecular formula is C6H8O6. The first kappa shape index (κ1) is 11.8. The van der Waals surface area contributed by atoms with E-state index in [1.165, 1.54) is 0 Å². The average molecular weight is 176 g/mol. The average Bonchev–Trinajstić information content (AvgIpc) is 2.12. The molecule has 0 saturated heterocycles. The van der Waals surface area contributed by atoms with Gasteiger partial charge in [-0.1, -0.05) is 0 Å². The lowest BCUT2D eigenvalue weighted by atomic mass is 10.0. The van der Waals surface area contributed by atoms with Crippen molar-refractivity contribution in [1.82, 2.24) is 0 Å². The molecule has 0 aliphatic heterocycles. The predicted molar refractivity (Wildman–Crippen MR) is 29.0 cm³/mol. The van der Waals surface area contributed by atoms with Crippen LogP contribution in [0.2, 0.25) is 0 Å². The fourth-order valence-corrected chi connectivity index (χ4v) is 0.613. The Morgan fingerprint density at radius 1 is 0.667 bits per heavy atom. The van der Waals surface area contributed by atoms with Crippen molar-refractivity contribution in [2.24, 2.45) is 0 Å². The third kappa shape index (κ3) is 3.02. The van der Waals surface area contributed by atoms with Crippen molar-refractivity contribution in [3.05, 3.63) is 0 Å². The van der Waals surface area contributed by atoms with Gasteiger partial charge < -0.3 is 0 Å². The van der Waals surface area contributed by atoms with Gasteiger partial charge in [-0.2, -0.15) is 0 Å². The lowest BCUT2D eigenvalue weighted by molar-refractivity contribution is -0.198. The summed E-state index contributed by atoms with van der Waals surface area (Å²) in [5.41, 5.74) is 0. The van der Waals surface area contributed by atoms with E-state index < -0.39 is 37.6 Å². The van der Waals surface area contributed by atoms with Crippen LogP contribution in [0, 0.1) is 0 Å². The van der Waals surface area contributed by atoms with Crippen LogP contribution in [-0.4, -0.2) is 37.6 Å². The molecule has 0 aromatic rings. The molecule has 0 aromatic carbocycles. The molecule has 68 valence electrons. The summed E-state index contributed by atoms with van der Waals surface area (Å²) in [6.45, 7) is -2.48. The molecule has 4 unspecified atom stereocenters. The molecule has 0 aliphatic carbocycles. The molecule has 0 amide bonds. The van der Waals surface area contributed by atoms with Crippen molar-refractivity contribution in [1.29, 1.82) is 0 Å². The Balaban J connectivity index is 3.99. The summed E-state index contributed by atoms with van der Waals surface area (Å²) in [6, 6.07) is 0. The Kier molecular flexibility index (Phi) is 5.31. The Bertz CT molecular complexity index is 105. The standard InChI is InChI=1S/C6H8O6/c7-1-3(9)5(11)6(12)4(10)2-8/h3-6H,1-2H2. The summed E-state index contributed by atoms with van der Waals surface area (Å²) in [6.07, 6.45) is -8.87. The molecule has 6 nitrogen and oxygen atoms in total. The lowest BCUT2D eigenvalue weighted by Gasteiger charge is -2.17. The highest BCUT2D eigenvalue weighted by Crippen LogP contribution is 2.06. The van der Waals surface area contributed by atoms with E-state index in [1.807, 2.05) is 0 Å². The zero-order valence-corrected chi connectivity index (χ0v) is 6.17. The fraction of sp³-hybridized carbons (Fsp3) is 1.00. The van der Waals surface area contributed by atoms with Crippen molar-refractivity contribution in [2.75, 3.05) is 13.2 Å². The SMILES string of the molecule is [O]CC([O])C([O])C([O])C([O])C[O]. The number of hydrogen-bond donors (Lipinski definition) is 0. The minimum atomic E-state index is -2.31. The first-order valence-electron chi connectivity index (χ1n) is 3.34. The highest BCUT2D eigenvalue weighted by molar-refractivity contribution is 4.78. The molecule has 12 heavy (non-hydrogen) atoms. The van der Waals surface area contributed by atoms with Crippen LogP contribution in [0.5, 0.6) is 0 Å². The third-order valence-corrected chi connectivity index (χ3v) is 1.39. The van der Waals surface area contributed by atoms with Crippen molar-refractivity contribution in [2.45, 2.75) is 24.4 Å². The van der Waals surface area contributed by atoms with Gasteiger partial charge in [0.1, 0.15) is 13.2 Å². The molecule has 0 fully saturated rings. The molecule has 0 saturated carbocycles. The lowest BCUT2D eigenvalue weighted by Crippen LogP contribution is -2.44. The van der Waals surface area contributed by atoms with Crippen LogP contribution < -0.4 is 0 Å². The second kappa shape index (κ2) is 5.41. The monoisotopic (exact) mass is 176 g/mol. The Labute approximate surface area is 69.3 Å². The highest BCUT2D eigenvalue weighted by Gasteiger charge is 2.35. The van der Waals surface area contributed by atoms with Crippen LogP contribution in [-0.2, 0) is 30.6 Å². The van der Waals surface area contributed by atoms with Crippen LogP contribution in [0.1, 0.15) is 0 Å². The fourth-order valence-electron chi connectivity index (χ4n) is 0.613. The van der Waals surface area contributed by atoms with E-state index in [2.05, 4.69) is 0 Å². The zero-order chi connectivity index (χ0) is 9.72. The van der Waals surface area contributed by atoms with E-state index in [9.17, 15) is 30.6 Å². The number of hydrogen-bond acceptors (Lipinski definition) is 0. The van der Waals surface area contributed by atoms with Gasteiger partial charge >= 0.3 is 0 Å². The van der Waals surface area contributed by atoms with Gasteiger partial charge in [0, 0.05) is 0 Å². The minimum Gasteiger partial charge on any atom is -0.234 e. The van der Waals surface area contributed by atoms with Gasteiger partial charge in [0.25, 0.3) is 0 Å². The summed E-state index contributed by atoms with van der Waals surface area (Å²) in [4.78, 5) is 0. The van der Waals surface area contributed by atoms with Gasteiger partial charge in [-0.3, -0.25) is 0 Å². The molecule has 0 bridgehead atoms. The smallest absolute Gasteiger partial charge is 0.157 e. The van der Waals surface area contributed by atoms with E-state index in [-0.39, 0.29) is 0 Å². The van der Waals surface area contributed by atoms with Crippen LogP contribution in [0.15, 0.2) is 0 Å². The van der Waals surface area contributed by atoms with E-state index in [0.717, 1.165) is 0 Å². The van der Waals surface area contributed by atoms with Crippen LogP contribution in [0.4, 0.5) is 0 Å². The molecule has 6 heteroatoms. The van der Waals surface area contributed by atoms with Gasteiger partial charge in [0.2, 0.25) is 0 Å². The number of rotatable bonds is 5. The Morgan fingerprint density at radius 2 is 0.917 bits per heavy atom. The minimum absolute atomic E-state index is 1.24. The molecule has 0 spiro atoms. The van der Waals surface area contributed by atoms with Crippen molar-refractivity contribution in [3.8, 4) is 0 Å². The maximum absolute atomic E-state index is 10.6. The van der Waals surface area contributed by atoms with E-state index in [0.29, 0.717) is 0 Å². The molecule has 0 heterocycles. The molecule has 0 aliphatic rings. The largest absolute Gasteiger partial charge is 0.234 e. The van der Waals surface area contributed by atoms with Crippen molar-refractivity contribution in [3.63, 3.8) is 0 Å². The molecule has 6 radical (unpaired) electrons. The van der Waals surface area contributed by atoms with Gasteiger partial charge in [-0.25, -0.2) is 30.6 Å². The normalized spacial score (nSPS) is 21.5. The summed E-state index contributed by atoms with van der Waals surface area (Å²) < 4.78 is 0. The maximum Gasteiger partial charge on any atom is 0.157 e. The van der Waals surface area contributed by atoms with Crippen LogP contribution in [0.3, 0.4) is 0 Å². The van der Waals surface area contributed by atoms with E-state index in [4.69, 9.17) is 0 Å². The van der Waals surface area contributed by atoms with Crippen LogP contribution >= 0.6 is 0 Å². The van der Waals surface area contributed by atoms with Gasteiger partial charge in [-0.05, 0) is 0 Å². The summed E-state index contributed by atoms with van der Waals surface area (Å²) in [5, 5.41) is 61.7. The van der Waals surface area contributed by atoms with E-state index >= 15 is 0 Å². The second-order valence-corrected chi connectivity index (χ2v) is 2.34. The Morgan fingerprint density at radius 3 is 1.08 bits per heavy atom. The summed E-state index contributed by atoms with van der Waals surface area (Å²) in [7, 11) is 0. The zero-order valence-electron chi connectivity index (χ0n) is 6.17. The highest BCUT2D eigenvalue weighted by atomic mass is 16.4. The van der Waals surface area contributed by atoms with Crippen molar-refractivity contribution >= 4 is 0 Å². The molecule has 0 rings (SSSR count). The predicted octanol–water partition coefficient (Wildman–Crippen LogP) is -0.956. The summed E-state index contributed by atoms with van der Waals surface area (Å²) >= 11 is 0. The molecular weight excluding hydrogens is 168 g/mol. The first-order chi connectivity index (χ1) is 5.54. The van der Waals surface area contributed by atoms with Crippen molar-refractivity contribution < 1.29 is 30.6 Å². The third-order valence-electron chi connectivity index (χ3n) is 1.39. The van der Waals surface area contributed by atoms with Gasteiger partial charge in [0.05, 0.1) is 0 Å². The molecule has 0 N–H and O–H groups in total.